The molecule has 20 heavy (non-hydrogen) atoms. The molecule has 0 amide bonds. The Morgan fingerprint density at radius 3 is 2.75 bits per heavy atom. The van der Waals surface area contributed by atoms with Gasteiger partial charge in [-0.3, -0.25) is 0 Å². The van der Waals surface area contributed by atoms with E-state index < -0.39 is 0 Å². The quantitative estimate of drug-likeness (QED) is 0.846. The highest BCUT2D eigenvalue weighted by molar-refractivity contribution is 7.98. The Morgan fingerprint density at radius 2 is 2.05 bits per heavy atom. The predicted molar refractivity (Wildman–Crippen MR) is 83.3 cm³/mol. The van der Waals surface area contributed by atoms with Crippen LogP contribution >= 0.6 is 11.8 Å². The van der Waals surface area contributed by atoms with Crippen LogP contribution in [-0.4, -0.2) is 13.4 Å². The van der Waals surface area contributed by atoms with Crippen LogP contribution < -0.4 is 10.1 Å². The summed E-state index contributed by atoms with van der Waals surface area (Å²) in [6.45, 7) is 0.621. The van der Waals surface area contributed by atoms with Crippen molar-refractivity contribution in [2.24, 2.45) is 0 Å². The molecule has 0 aromatic heterocycles. The van der Waals surface area contributed by atoms with Crippen LogP contribution in [0.1, 0.15) is 11.1 Å². The van der Waals surface area contributed by atoms with Gasteiger partial charge in [-0.15, -0.1) is 11.8 Å². The number of thioether (sulfide) groups is 1. The SMILES string of the molecule is COc1ccc(C#N)cc1CNc1ccccc1SC. The number of nitriles is 1. The molecule has 0 aliphatic carbocycles. The van der Waals surface area contributed by atoms with Gasteiger partial charge < -0.3 is 10.1 Å². The summed E-state index contributed by atoms with van der Waals surface area (Å²) in [5, 5.41) is 12.4. The summed E-state index contributed by atoms with van der Waals surface area (Å²) in [6.07, 6.45) is 2.05. The van der Waals surface area contributed by atoms with E-state index in [1.54, 1.807) is 24.9 Å². The first-order valence-electron chi connectivity index (χ1n) is 6.22. The summed E-state index contributed by atoms with van der Waals surface area (Å²) in [7, 11) is 1.64. The average molecular weight is 284 g/mol. The Labute approximate surface area is 123 Å². The molecule has 2 aromatic carbocycles. The number of benzene rings is 2. The Morgan fingerprint density at radius 1 is 1.25 bits per heavy atom. The molecule has 3 nitrogen and oxygen atoms in total. The molecule has 0 saturated heterocycles. The fraction of sp³-hybridized carbons (Fsp3) is 0.188. The van der Waals surface area contributed by atoms with Gasteiger partial charge >= 0.3 is 0 Å². The maximum Gasteiger partial charge on any atom is 0.123 e. The highest BCUT2D eigenvalue weighted by atomic mass is 32.2. The minimum Gasteiger partial charge on any atom is -0.496 e. The largest absolute Gasteiger partial charge is 0.496 e. The minimum absolute atomic E-state index is 0.621. The van der Waals surface area contributed by atoms with Gasteiger partial charge in [0.05, 0.1) is 18.7 Å². The van der Waals surface area contributed by atoms with Gasteiger partial charge in [-0.2, -0.15) is 5.26 Å². The number of hydrogen-bond acceptors (Lipinski definition) is 4. The van der Waals surface area contributed by atoms with E-state index in [9.17, 15) is 0 Å². The first kappa shape index (κ1) is 14.3. The highest BCUT2D eigenvalue weighted by Gasteiger charge is 2.06. The molecule has 0 fully saturated rings. The maximum atomic E-state index is 8.98. The number of nitrogens with zero attached hydrogens (tertiary/aromatic N) is 1. The lowest BCUT2D eigenvalue weighted by molar-refractivity contribution is 0.410. The van der Waals surface area contributed by atoms with Crippen LogP contribution in [-0.2, 0) is 6.54 Å². The molecular formula is C16H16N2OS. The first-order valence-corrected chi connectivity index (χ1v) is 7.45. The standard InChI is InChI=1S/C16H16N2OS/c1-19-15-8-7-12(10-17)9-13(15)11-18-14-5-3-4-6-16(14)20-2/h3-9,18H,11H2,1-2H3. The molecule has 0 heterocycles. The summed E-state index contributed by atoms with van der Waals surface area (Å²) in [6, 6.07) is 15.8. The van der Waals surface area contributed by atoms with E-state index in [0.717, 1.165) is 17.0 Å². The van der Waals surface area contributed by atoms with Gasteiger partial charge in [0.1, 0.15) is 5.75 Å². The molecule has 2 rings (SSSR count). The van der Waals surface area contributed by atoms with Gasteiger partial charge in [0.2, 0.25) is 0 Å². The van der Waals surface area contributed by atoms with E-state index >= 15 is 0 Å². The fourth-order valence-electron chi connectivity index (χ4n) is 1.97. The Balaban J connectivity index is 2.20. The van der Waals surface area contributed by atoms with Crippen molar-refractivity contribution in [1.82, 2.24) is 0 Å². The topological polar surface area (TPSA) is 45.0 Å². The van der Waals surface area contributed by atoms with Crippen LogP contribution in [0.15, 0.2) is 47.4 Å². The van der Waals surface area contributed by atoms with E-state index in [1.807, 2.05) is 30.3 Å². The van der Waals surface area contributed by atoms with Crippen LogP contribution in [0.3, 0.4) is 0 Å². The zero-order chi connectivity index (χ0) is 14.4. The van der Waals surface area contributed by atoms with Crippen molar-refractivity contribution >= 4 is 17.4 Å². The summed E-state index contributed by atoms with van der Waals surface area (Å²) in [5.41, 5.74) is 2.70. The molecule has 0 saturated carbocycles. The average Bonchev–Trinajstić information content (AvgIpc) is 2.52. The van der Waals surface area contributed by atoms with Gasteiger partial charge in [0.25, 0.3) is 0 Å². The van der Waals surface area contributed by atoms with Crippen molar-refractivity contribution in [2.45, 2.75) is 11.4 Å². The summed E-state index contributed by atoms with van der Waals surface area (Å²) < 4.78 is 5.34. The molecule has 2 aromatic rings. The maximum absolute atomic E-state index is 8.98. The van der Waals surface area contributed by atoms with Crippen LogP contribution in [0.25, 0.3) is 0 Å². The van der Waals surface area contributed by atoms with Crippen molar-refractivity contribution in [2.75, 3.05) is 18.7 Å². The third-order valence-corrected chi connectivity index (χ3v) is 3.78. The van der Waals surface area contributed by atoms with Gasteiger partial charge in [-0.25, -0.2) is 0 Å². The Hall–Kier alpha value is -2.12. The van der Waals surface area contributed by atoms with Gasteiger partial charge in [-0.05, 0) is 36.6 Å². The number of nitrogens with one attached hydrogen (secondary N) is 1. The van der Waals surface area contributed by atoms with Gasteiger partial charge in [0.15, 0.2) is 0 Å². The summed E-state index contributed by atoms with van der Waals surface area (Å²) in [5.74, 6) is 0.790. The number of methoxy groups -OCH3 is 1. The zero-order valence-corrected chi connectivity index (χ0v) is 12.3. The number of hydrogen-bond donors (Lipinski definition) is 1. The van der Waals surface area contributed by atoms with Crippen molar-refractivity contribution in [1.29, 1.82) is 5.26 Å². The van der Waals surface area contributed by atoms with Gasteiger partial charge in [-0.1, -0.05) is 12.1 Å². The van der Waals surface area contributed by atoms with E-state index in [4.69, 9.17) is 10.00 Å². The number of rotatable bonds is 5. The summed E-state index contributed by atoms with van der Waals surface area (Å²) in [4.78, 5) is 1.20. The number of ether oxygens (including phenoxy) is 1. The van der Waals surface area contributed by atoms with Crippen molar-refractivity contribution in [3.63, 3.8) is 0 Å². The van der Waals surface area contributed by atoms with Crippen molar-refractivity contribution in [3.8, 4) is 11.8 Å². The second-order valence-corrected chi connectivity index (χ2v) is 5.04. The third-order valence-electron chi connectivity index (χ3n) is 2.99. The van der Waals surface area contributed by atoms with Crippen LogP contribution in [0.2, 0.25) is 0 Å². The fourth-order valence-corrected chi connectivity index (χ4v) is 2.54. The zero-order valence-electron chi connectivity index (χ0n) is 11.5. The van der Waals surface area contributed by atoms with E-state index in [1.165, 1.54) is 4.90 Å². The molecule has 0 spiro atoms. The molecule has 0 bridgehead atoms. The van der Waals surface area contributed by atoms with Crippen LogP contribution in [0.5, 0.6) is 5.75 Å². The molecule has 0 radical (unpaired) electrons. The molecule has 102 valence electrons. The molecular weight excluding hydrogens is 268 g/mol. The van der Waals surface area contributed by atoms with Crippen LogP contribution in [0, 0.1) is 11.3 Å². The molecule has 4 heteroatoms. The second-order valence-electron chi connectivity index (χ2n) is 4.19. The monoisotopic (exact) mass is 284 g/mol. The number of para-hydroxylation sites is 1. The van der Waals surface area contributed by atoms with E-state index in [2.05, 4.69) is 23.7 Å². The molecule has 0 unspecified atom stereocenters. The van der Waals surface area contributed by atoms with Crippen LogP contribution in [0.4, 0.5) is 5.69 Å². The highest BCUT2D eigenvalue weighted by Crippen LogP contribution is 2.26. The molecule has 0 atom stereocenters. The second kappa shape index (κ2) is 6.88. The molecule has 0 aliphatic heterocycles. The first-order chi connectivity index (χ1) is 9.78. The Bertz CT molecular complexity index is 635. The van der Waals surface area contributed by atoms with Crippen molar-refractivity contribution < 1.29 is 4.74 Å². The smallest absolute Gasteiger partial charge is 0.123 e. The van der Waals surface area contributed by atoms with Crippen molar-refractivity contribution in [3.05, 3.63) is 53.6 Å². The summed E-state index contributed by atoms with van der Waals surface area (Å²) >= 11 is 1.70. The normalized spacial score (nSPS) is 9.85. The lowest BCUT2D eigenvalue weighted by atomic mass is 10.1. The molecule has 0 aliphatic rings. The number of anilines is 1. The third kappa shape index (κ3) is 3.25. The lowest BCUT2D eigenvalue weighted by Crippen LogP contribution is -2.03. The predicted octanol–water partition coefficient (Wildman–Crippen LogP) is 3.90. The Kier molecular flexibility index (Phi) is 4.91. The van der Waals surface area contributed by atoms with E-state index in [-0.39, 0.29) is 0 Å². The van der Waals surface area contributed by atoms with Gasteiger partial charge in [0, 0.05) is 22.7 Å². The minimum atomic E-state index is 0.621. The van der Waals surface area contributed by atoms with E-state index in [0.29, 0.717) is 12.1 Å². The lowest BCUT2D eigenvalue weighted by Gasteiger charge is -2.13. The molecule has 1 N–H and O–H groups in total.